The molecule has 0 fully saturated rings. The predicted molar refractivity (Wildman–Crippen MR) is 65.4 cm³/mol. The fourth-order valence-electron chi connectivity index (χ4n) is 2.64. The molecule has 3 rings (SSSR count). The SMILES string of the molecule is OB(O)Oc1c(F)c(F)c(F)c2c1C(F)c1c(F)c(F)c(F)c(F)c1-2. The lowest BCUT2D eigenvalue weighted by Gasteiger charge is -2.14. The molecule has 12 heteroatoms. The fraction of sp³-hybridized carbons (Fsp3) is 0.0769. The maximum Gasteiger partial charge on any atom is 0.707 e. The lowest BCUT2D eigenvalue weighted by molar-refractivity contribution is 0.272. The highest BCUT2D eigenvalue weighted by molar-refractivity contribution is 6.33. The van der Waals surface area contributed by atoms with Crippen LogP contribution in [0.15, 0.2) is 0 Å². The first-order chi connectivity index (χ1) is 11.6. The summed E-state index contributed by atoms with van der Waals surface area (Å²) in [5.74, 6) is -17.8. The maximum atomic E-state index is 14.5. The lowest BCUT2D eigenvalue weighted by Crippen LogP contribution is -2.23. The molecule has 0 aromatic heterocycles. The van der Waals surface area contributed by atoms with Crippen molar-refractivity contribution in [3.63, 3.8) is 0 Å². The highest BCUT2D eigenvalue weighted by atomic mass is 19.2. The van der Waals surface area contributed by atoms with Gasteiger partial charge in [-0.2, -0.15) is 4.39 Å². The first kappa shape index (κ1) is 17.5. The van der Waals surface area contributed by atoms with Gasteiger partial charge in [0.15, 0.2) is 41.1 Å². The Balaban J connectivity index is 2.49. The van der Waals surface area contributed by atoms with E-state index in [4.69, 9.17) is 10.0 Å². The largest absolute Gasteiger partial charge is 0.707 e. The van der Waals surface area contributed by atoms with Crippen LogP contribution < -0.4 is 4.65 Å². The first-order valence-corrected chi connectivity index (χ1v) is 6.32. The number of hydrogen-bond acceptors (Lipinski definition) is 3. The van der Waals surface area contributed by atoms with E-state index in [0.29, 0.717) is 0 Å². The molecule has 0 amide bonds. The number of halogens is 8. The van der Waals surface area contributed by atoms with Crippen LogP contribution in [0.2, 0.25) is 0 Å². The van der Waals surface area contributed by atoms with Gasteiger partial charge in [-0.3, -0.25) is 0 Å². The van der Waals surface area contributed by atoms with Crippen molar-refractivity contribution in [1.82, 2.24) is 0 Å². The zero-order valence-corrected chi connectivity index (χ0v) is 11.5. The molecule has 25 heavy (non-hydrogen) atoms. The van der Waals surface area contributed by atoms with Gasteiger partial charge in [0.05, 0.1) is 0 Å². The van der Waals surface area contributed by atoms with Crippen molar-refractivity contribution in [2.75, 3.05) is 0 Å². The van der Waals surface area contributed by atoms with Crippen LogP contribution in [0.1, 0.15) is 17.3 Å². The smallest absolute Gasteiger partial charge is 0.509 e. The van der Waals surface area contributed by atoms with Gasteiger partial charge >= 0.3 is 7.32 Å². The van der Waals surface area contributed by atoms with Crippen LogP contribution in [0.3, 0.4) is 0 Å². The monoisotopic (exact) mass is 370 g/mol. The first-order valence-electron chi connectivity index (χ1n) is 6.32. The molecule has 3 nitrogen and oxygen atoms in total. The van der Waals surface area contributed by atoms with Gasteiger partial charge in [-0.25, -0.2) is 30.7 Å². The van der Waals surface area contributed by atoms with Gasteiger partial charge in [0, 0.05) is 22.3 Å². The van der Waals surface area contributed by atoms with Crippen LogP contribution in [0.5, 0.6) is 5.75 Å². The molecule has 1 aliphatic carbocycles. The number of rotatable bonds is 2. The molecular formula is C13H3BF8O3. The Kier molecular flexibility index (Phi) is 3.91. The van der Waals surface area contributed by atoms with Crippen molar-refractivity contribution in [2.24, 2.45) is 0 Å². The second-order valence-corrected chi connectivity index (χ2v) is 4.91. The minimum Gasteiger partial charge on any atom is -0.509 e. The molecule has 0 bridgehead atoms. The van der Waals surface area contributed by atoms with Crippen molar-refractivity contribution in [3.8, 4) is 16.9 Å². The molecule has 132 valence electrons. The zero-order valence-electron chi connectivity index (χ0n) is 11.5. The third-order valence-corrected chi connectivity index (χ3v) is 3.60. The summed E-state index contributed by atoms with van der Waals surface area (Å²) in [5, 5.41) is 17.4. The number of alkyl halides is 1. The molecular weight excluding hydrogens is 367 g/mol. The van der Waals surface area contributed by atoms with Crippen LogP contribution in [0, 0.1) is 40.7 Å². The number of benzene rings is 2. The van der Waals surface area contributed by atoms with Gasteiger partial charge < -0.3 is 14.7 Å². The predicted octanol–water partition coefficient (Wildman–Crippen LogP) is 3.05. The van der Waals surface area contributed by atoms with Crippen LogP contribution in [-0.2, 0) is 0 Å². The molecule has 0 heterocycles. The topological polar surface area (TPSA) is 49.7 Å². The zero-order chi connectivity index (χ0) is 18.8. The molecule has 0 radical (unpaired) electrons. The molecule has 1 unspecified atom stereocenters. The molecule has 2 N–H and O–H groups in total. The van der Waals surface area contributed by atoms with Gasteiger partial charge in [0.1, 0.15) is 5.75 Å². The summed E-state index contributed by atoms with van der Waals surface area (Å²) in [6.45, 7) is 0. The van der Waals surface area contributed by atoms with E-state index < -0.39 is 82.2 Å². The minimum absolute atomic E-state index is 1.39. The molecule has 0 saturated heterocycles. The van der Waals surface area contributed by atoms with Gasteiger partial charge in [-0.1, -0.05) is 0 Å². The summed E-state index contributed by atoms with van der Waals surface area (Å²) in [4.78, 5) is 0. The Morgan fingerprint density at radius 2 is 1.08 bits per heavy atom. The van der Waals surface area contributed by atoms with E-state index in [9.17, 15) is 35.1 Å². The normalized spacial score (nSPS) is 15.2. The Morgan fingerprint density at radius 3 is 1.60 bits per heavy atom. The molecule has 2 aromatic carbocycles. The summed E-state index contributed by atoms with van der Waals surface area (Å²) in [6.07, 6.45) is -3.01. The molecule has 0 aliphatic heterocycles. The minimum atomic E-state index is -3.01. The van der Waals surface area contributed by atoms with Crippen molar-refractivity contribution < 1.29 is 49.8 Å². The van der Waals surface area contributed by atoms with E-state index in [1.807, 2.05) is 0 Å². The third-order valence-electron chi connectivity index (χ3n) is 3.60. The summed E-state index contributed by atoms with van der Waals surface area (Å²) < 4.78 is 114. The van der Waals surface area contributed by atoms with Crippen LogP contribution in [-0.4, -0.2) is 17.4 Å². The fourth-order valence-corrected chi connectivity index (χ4v) is 2.64. The molecule has 2 aromatic rings. The van der Waals surface area contributed by atoms with E-state index in [1.165, 1.54) is 0 Å². The highest BCUT2D eigenvalue weighted by Crippen LogP contribution is 2.54. The summed E-state index contributed by atoms with van der Waals surface area (Å²) in [7, 11) is -2.84. The van der Waals surface area contributed by atoms with E-state index in [-0.39, 0.29) is 0 Å². The van der Waals surface area contributed by atoms with Crippen molar-refractivity contribution >= 4 is 7.32 Å². The van der Waals surface area contributed by atoms with Gasteiger partial charge in [0.25, 0.3) is 0 Å². The molecule has 0 saturated carbocycles. The van der Waals surface area contributed by atoms with Crippen molar-refractivity contribution in [1.29, 1.82) is 0 Å². The average Bonchev–Trinajstić information content (AvgIpc) is 2.86. The summed E-state index contributed by atoms with van der Waals surface area (Å²) in [6, 6.07) is 0. The van der Waals surface area contributed by atoms with Crippen LogP contribution in [0.4, 0.5) is 35.1 Å². The maximum absolute atomic E-state index is 14.5. The van der Waals surface area contributed by atoms with E-state index in [1.54, 1.807) is 0 Å². The van der Waals surface area contributed by atoms with Gasteiger partial charge in [-0.05, 0) is 0 Å². The Labute approximate surface area is 133 Å². The Morgan fingerprint density at radius 1 is 0.640 bits per heavy atom. The Hall–Kier alpha value is -2.34. The standard InChI is InChI=1S/C13H3BF8O3/c15-5-3-1(6(16)9(19)10(20)8(3)18)2-4(5)13(25-14(23)24)12(22)11(21)7(2)17/h5,23-24H. The van der Waals surface area contributed by atoms with Crippen molar-refractivity contribution in [2.45, 2.75) is 6.17 Å². The summed E-state index contributed by atoms with van der Waals surface area (Å²) >= 11 is 0. The second kappa shape index (κ2) is 5.59. The van der Waals surface area contributed by atoms with Gasteiger partial charge in [-0.15, -0.1) is 0 Å². The molecule has 1 aliphatic rings. The number of hydrogen-bond donors (Lipinski definition) is 2. The molecule has 1 atom stereocenters. The van der Waals surface area contributed by atoms with E-state index in [2.05, 4.69) is 4.65 Å². The summed E-state index contributed by atoms with van der Waals surface area (Å²) in [5.41, 5.74) is -5.91. The highest BCUT2D eigenvalue weighted by Gasteiger charge is 2.45. The number of fused-ring (bicyclic) bond motifs is 3. The van der Waals surface area contributed by atoms with Crippen LogP contribution in [0.25, 0.3) is 11.1 Å². The quantitative estimate of drug-likeness (QED) is 0.370. The van der Waals surface area contributed by atoms with Crippen LogP contribution >= 0.6 is 0 Å². The molecule has 0 spiro atoms. The van der Waals surface area contributed by atoms with E-state index >= 15 is 0 Å². The van der Waals surface area contributed by atoms with E-state index in [0.717, 1.165) is 0 Å². The second-order valence-electron chi connectivity index (χ2n) is 4.91. The third kappa shape index (κ3) is 2.20. The lowest BCUT2D eigenvalue weighted by atomic mass is 10.0. The average molecular weight is 370 g/mol. The van der Waals surface area contributed by atoms with Gasteiger partial charge in [0.2, 0.25) is 5.82 Å². The Bertz CT molecular complexity index is 918. The van der Waals surface area contributed by atoms with Crippen molar-refractivity contribution in [3.05, 3.63) is 51.8 Å².